The Bertz CT molecular complexity index is 1250. The minimum atomic E-state index is -1.36. The molecule has 2 saturated heterocycles. The number of fused-ring (bicyclic) bond motifs is 1. The zero-order valence-electron chi connectivity index (χ0n) is 17.4. The first-order valence-electron chi connectivity index (χ1n) is 10.3. The van der Waals surface area contributed by atoms with Crippen molar-refractivity contribution in [1.82, 2.24) is 14.0 Å². The van der Waals surface area contributed by atoms with Crippen molar-refractivity contribution in [2.75, 3.05) is 26.3 Å². The fourth-order valence-electron chi connectivity index (χ4n) is 4.32. The molecular weight excluding hydrogens is 404 g/mol. The fourth-order valence-corrected chi connectivity index (χ4v) is 4.32. The van der Waals surface area contributed by atoms with Gasteiger partial charge in [-0.3, -0.25) is 9.59 Å². The van der Waals surface area contributed by atoms with Crippen LogP contribution in [0.15, 0.2) is 41.5 Å². The van der Waals surface area contributed by atoms with Crippen molar-refractivity contribution in [3.63, 3.8) is 0 Å². The number of aromatic nitrogens is 2. The van der Waals surface area contributed by atoms with Gasteiger partial charge in [0.1, 0.15) is 18.0 Å². The molecule has 5 rings (SSSR count). The molecule has 0 unspecified atom stereocenters. The average Bonchev–Trinajstić information content (AvgIpc) is 3.02. The Morgan fingerprint density at radius 3 is 2.61 bits per heavy atom. The summed E-state index contributed by atoms with van der Waals surface area (Å²) in [5, 5.41) is 0.479. The molecule has 4 heterocycles. The number of alkyl halides is 1. The molecule has 3 aromatic rings. The molecule has 0 spiro atoms. The summed E-state index contributed by atoms with van der Waals surface area (Å²) in [6, 6.07) is 6.71. The predicted molar refractivity (Wildman–Crippen MR) is 112 cm³/mol. The molecule has 1 aromatic carbocycles. The number of nitrogens with zero attached hydrogens (tertiary/aromatic N) is 3. The first-order chi connectivity index (χ1) is 14.7. The highest BCUT2D eigenvalue weighted by molar-refractivity contribution is 5.96. The van der Waals surface area contributed by atoms with E-state index in [1.165, 1.54) is 22.5 Å². The van der Waals surface area contributed by atoms with Gasteiger partial charge in [0.05, 0.1) is 43.2 Å². The van der Waals surface area contributed by atoms with E-state index in [-0.39, 0.29) is 43.0 Å². The Hall–Kier alpha value is -3.00. The largest absolute Gasteiger partial charge is 0.377 e. The molecule has 31 heavy (non-hydrogen) atoms. The maximum absolute atomic E-state index is 13.8. The van der Waals surface area contributed by atoms with Crippen LogP contribution in [0, 0.1) is 12.7 Å². The summed E-state index contributed by atoms with van der Waals surface area (Å²) in [5.74, 6) is -0.597. The van der Waals surface area contributed by atoms with Crippen molar-refractivity contribution < 1.29 is 18.3 Å². The number of aryl methyl sites for hydroxylation is 1. The smallest absolute Gasteiger partial charge is 0.261 e. The summed E-state index contributed by atoms with van der Waals surface area (Å²) < 4.78 is 36.3. The van der Waals surface area contributed by atoms with Crippen LogP contribution in [-0.4, -0.2) is 51.9 Å². The highest BCUT2D eigenvalue weighted by atomic mass is 19.1. The van der Waals surface area contributed by atoms with Crippen LogP contribution in [0.3, 0.4) is 0 Å². The van der Waals surface area contributed by atoms with Crippen LogP contribution in [0.1, 0.15) is 18.5 Å². The second-order valence-electron chi connectivity index (χ2n) is 8.78. The standard InChI is InChI=1S/C23H23F2N3O3/c1-14-7-15(3-4-18(14)24)17-8-28(16-10-31-11-16)19-5-6-26(22(30)21(17)19)9-20(29)27-12-23(2,25)13-27/h3-8,16H,9-13H2,1-2H3. The molecule has 2 aliphatic rings. The number of likely N-dealkylation sites (tertiary alicyclic amines) is 1. The van der Waals surface area contributed by atoms with Gasteiger partial charge in [-0.2, -0.15) is 0 Å². The zero-order valence-corrected chi connectivity index (χ0v) is 17.4. The molecule has 2 aliphatic heterocycles. The lowest BCUT2D eigenvalue weighted by Gasteiger charge is -2.42. The molecule has 8 heteroatoms. The Kier molecular flexibility index (Phi) is 4.51. The van der Waals surface area contributed by atoms with Crippen molar-refractivity contribution in [2.24, 2.45) is 0 Å². The number of benzene rings is 1. The Labute approximate surface area is 177 Å². The molecular formula is C23H23F2N3O3. The molecule has 0 atom stereocenters. The fraction of sp³-hybridized carbons (Fsp3) is 0.391. The van der Waals surface area contributed by atoms with Gasteiger partial charge in [0.25, 0.3) is 5.56 Å². The SMILES string of the molecule is Cc1cc(-c2cn(C3COC3)c3ccn(CC(=O)N4CC(C)(F)C4)c(=O)c23)ccc1F. The quantitative estimate of drug-likeness (QED) is 0.643. The van der Waals surface area contributed by atoms with Crippen LogP contribution in [0.5, 0.6) is 0 Å². The maximum atomic E-state index is 13.8. The molecule has 0 bridgehead atoms. The molecule has 0 radical (unpaired) electrons. The van der Waals surface area contributed by atoms with Gasteiger partial charge in [-0.05, 0) is 43.2 Å². The number of halogens is 2. The van der Waals surface area contributed by atoms with Crippen molar-refractivity contribution >= 4 is 16.8 Å². The lowest BCUT2D eigenvalue weighted by atomic mass is 9.99. The Balaban J connectivity index is 1.59. The third kappa shape index (κ3) is 3.35. The van der Waals surface area contributed by atoms with E-state index in [0.717, 1.165) is 11.1 Å². The van der Waals surface area contributed by atoms with Crippen molar-refractivity contribution in [3.05, 3.63) is 58.4 Å². The predicted octanol–water partition coefficient (Wildman–Crippen LogP) is 3.06. The Morgan fingerprint density at radius 2 is 2.00 bits per heavy atom. The van der Waals surface area contributed by atoms with Crippen LogP contribution in [0.4, 0.5) is 8.78 Å². The summed E-state index contributed by atoms with van der Waals surface area (Å²) in [4.78, 5) is 27.3. The summed E-state index contributed by atoms with van der Waals surface area (Å²) in [5.41, 5.74) is 1.01. The van der Waals surface area contributed by atoms with Crippen LogP contribution in [0.25, 0.3) is 22.0 Å². The number of ether oxygens (including phenoxy) is 1. The number of amides is 1. The second kappa shape index (κ2) is 7.02. The molecule has 0 aliphatic carbocycles. The lowest BCUT2D eigenvalue weighted by Crippen LogP contribution is -2.60. The number of rotatable bonds is 4. The van der Waals surface area contributed by atoms with Crippen LogP contribution >= 0.6 is 0 Å². The molecule has 162 valence electrons. The van der Waals surface area contributed by atoms with E-state index in [1.807, 2.05) is 16.8 Å². The summed E-state index contributed by atoms with van der Waals surface area (Å²) in [7, 11) is 0. The molecule has 0 saturated carbocycles. The van der Waals surface area contributed by atoms with Gasteiger partial charge in [-0.15, -0.1) is 0 Å². The topological polar surface area (TPSA) is 56.5 Å². The number of pyridine rings is 1. The van der Waals surface area contributed by atoms with E-state index in [1.54, 1.807) is 25.3 Å². The van der Waals surface area contributed by atoms with E-state index in [9.17, 15) is 18.4 Å². The molecule has 0 N–H and O–H groups in total. The van der Waals surface area contributed by atoms with Gasteiger partial charge < -0.3 is 18.8 Å². The van der Waals surface area contributed by atoms with Gasteiger partial charge in [0.2, 0.25) is 5.91 Å². The van der Waals surface area contributed by atoms with E-state index in [0.29, 0.717) is 29.7 Å². The van der Waals surface area contributed by atoms with Gasteiger partial charge in [-0.25, -0.2) is 8.78 Å². The maximum Gasteiger partial charge on any atom is 0.261 e. The Morgan fingerprint density at radius 1 is 1.26 bits per heavy atom. The van der Waals surface area contributed by atoms with Crippen molar-refractivity contribution in [2.45, 2.75) is 32.1 Å². The monoisotopic (exact) mass is 427 g/mol. The summed E-state index contributed by atoms with van der Waals surface area (Å²) >= 11 is 0. The van der Waals surface area contributed by atoms with Crippen molar-refractivity contribution in [1.29, 1.82) is 0 Å². The van der Waals surface area contributed by atoms with Crippen LogP contribution < -0.4 is 5.56 Å². The van der Waals surface area contributed by atoms with Gasteiger partial charge in [-0.1, -0.05) is 6.07 Å². The first-order valence-corrected chi connectivity index (χ1v) is 10.3. The van der Waals surface area contributed by atoms with Crippen LogP contribution in [-0.2, 0) is 16.1 Å². The molecule has 2 fully saturated rings. The van der Waals surface area contributed by atoms with Gasteiger partial charge in [0, 0.05) is 18.0 Å². The third-order valence-electron chi connectivity index (χ3n) is 6.14. The molecule has 2 aromatic heterocycles. The van der Waals surface area contributed by atoms with Gasteiger partial charge >= 0.3 is 0 Å². The van der Waals surface area contributed by atoms with E-state index in [4.69, 9.17) is 4.74 Å². The summed E-state index contributed by atoms with van der Waals surface area (Å²) in [6.45, 7) is 4.19. The minimum absolute atomic E-state index is 0.0427. The number of carbonyl (C=O) groups excluding carboxylic acids is 1. The van der Waals surface area contributed by atoms with Crippen LogP contribution in [0.2, 0.25) is 0 Å². The third-order valence-corrected chi connectivity index (χ3v) is 6.14. The minimum Gasteiger partial charge on any atom is -0.377 e. The zero-order chi connectivity index (χ0) is 21.9. The van der Waals surface area contributed by atoms with Gasteiger partial charge in [0.15, 0.2) is 0 Å². The molecule has 1 amide bonds. The highest BCUT2D eigenvalue weighted by Gasteiger charge is 2.41. The highest BCUT2D eigenvalue weighted by Crippen LogP contribution is 2.33. The number of hydrogen-bond acceptors (Lipinski definition) is 3. The van der Waals surface area contributed by atoms with E-state index >= 15 is 0 Å². The van der Waals surface area contributed by atoms with E-state index in [2.05, 4.69) is 0 Å². The number of hydrogen-bond donors (Lipinski definition) is 0. The first kappa shape index (κ1) is 19.9. The average molecular weight is 427 g/mol. The number of carbonyl (C=O) groups is 1. The second-order valence-corrected chi connectivity index (χ2v) is 8.78. The van der Waals surface area contributed by atoms with E-state index < -0.39 is 5.67 Å². The summed E-state index contributed by atoms with van der Waals surface area (Å²) in [6.07, 6.45) is 3.51. The molecule has 6 nitrogen and oxygen atoms in total. The normalized spacial score (nSPS) is 18.1. The van der Waals surface area contributed by atoms with Crippen molar-refractivity contribution in [3.8, 4) is 11.1 Å². The lowest BCUT2D eigenvalue weighted by molar-refractivity contribution is -0.144.